The lowest BCUT2D eigenvalue weighted by atomic mass is 9.77. The molecule has 3 rings (SSSR count). The summed E-state index contributed by atoms with van der Waals surface area (Å²) in [6.45, 7) is 2.50. The number of hydrogen-bond acceptors (Lipinski definition) is 6. The molecule has 1 spiro atoms. The summed E-state index contributed by atoms with van der Waals surface area (Å²) >= 11 is 1.28. The molecule has 1 N–H and O–H groups in total. The molecule has 0 saturated carbocycles. The van der Waals surface area contributed by atoms with Gasteiger partial charge in [0, 0.05) is 19.8 Å². The van der Waals surface area contributed by atoms with Gasteiger partial charge in [-0.3, -0.25) is 0 Å². The molecule has 2 fully saturated rings. The second-order valence-corrected chi connectivity index (χ2v) is 6.05. The number of hydrogen-bond donors (Lipinski definition) is 1. The van der Waals surface area contributed by atoms with Crippen LogP contribution in [0.25, 0.3) is 0 Å². The lowest BCUT2D eigenvalue weighted by Crippen LogP contribution is -2.46. The molecule has 2 aliphatic heterocycles. The highest BCUT2D eigenvalue weighted by molar-refractivity contribution is 6.99. The third kappa shape index (κ3) is 2.81. The van der Waals surface area contributed by atoms with E-state index in [9.17, 15) is 0 Å². The van der Waals surface area contributed by atoms with Gasteiger partial charge in [0.25, 0.3) is 0 Å². The minimum Gasteiger partial charge on any atom is -0.381 e. The van der Waals surface area contributed by atoms with Gasteiger partial charge < -0.3 is 14.8 Å². The molecule has 2 saturated heterocycles. The first-order valence-electron chi connectivity index (χ1n) is 6.99. The van der Waals surface area contributed by atoms with E-state index in [1.165, 1.54) is 11.7 Å². The van der Waals surface area contributed by atoms with Crippen molar-refractivity contribution in [3.05, 3.63) is 11.9 Å². The second kappa shape index (κ2) is 5.83. The van der Waals surface area contributed by atoms with E-state index in [0.717, 1.165) is 51.2 Å². The first-order valence-corrected chi connectivity index (χ1v) is 7.72. The highest BCUT2D eigenvalue weighted by Gasteiger charge is 2.41. The maximum Gasteiger partial charge on any atom is 0.0915 e. The predicted molar refractivity (Wildman–Crippen MR) is 73.2 cm³/mol. The van der Waals surface area contributed by atoms with Crippen LogP contribution in [-0.4, -0.2) is 41.2 Å². The molecule has 6 heteroatoms. The molecule has 0 amide bonds. The van der Waals surface area contributed by atoms with Crippen molar-refractivity contribution in [3.8, 4) is 0 Å². The summed E-state index contributed by atoms with van der Waals surface area (Å²) in [4.78, 5) is 0. The van der Waals surface area contributed by atoms with Crippen LogP contribution in [0.15, 0.2) is 6.20 Å². The molecule has 5 nitrogen and oxygen atoms in total. The largest absolute Gasteiger partial charge is 0.381 e. The summed E-state index contributed by atoms with van der Waals surface area (Å²) in [5, 5.41) is 3.41. The number of nitrogens with zero attached hydrogens (tertiary/aromatic N) is 2. The summed E-state index contributed by atoms with van der Waals surface area (Å²) in [6.07, 6.45) is 6.12. The Morgan fingerprint density at radius 3 is 2.95 bits per heavy atom. The Bertz CT molecular complexity index is 387. The lowest BCUT2D eigenvalue weighted by Gasteiger charge is -2.45. The maximum absolute atomic E-state index is 6.11. The van der Waals surface area contributed by atoms with Crippen molar-refractivity contribution < 1.29 is 9.47 Å². The minimum atomic E-state index is 0.0414. The topological polar surface area (TPSA) is 56.3 Å². The minimum absolute atomic E-state index is 0.0414. The van der Waals surface area contributed by atoms with Crippen molar-refractivity contribution in [2.75, 3.05) is 26.9 Å². The number of rotatable bonds is 3. The highest BCUT2D eigenvalue weighted by Crippen LogP contribution is 2.41. The van der Waals surface area contributed by atoms with Crippen LogP contribution in [0, 0.1) is 5.92 Å². The average Bonchev–Trinajstić information content (AvgIpc) is 2.95. The summed E-state index contributed by atoms with van der Waals surface area (Å²) in [6, 6.07) is 0.294. The molecule has 0 radical (unpaired) electrons. The van der Waals surface area contributed by atoms with Crippen LogP contribution in [0.3, 0.4) is 0 Å². The Morgan fingerprint density at radius 1 is 1.42 bits per heavy atom. The van der Waals surface area contributed by atoms with Gasteiger partial charge in [-0.2, -0.15) is 8.75 Å². The quantitative estimate of drug-likeness (QED) is 0.916. The van der Waals surface area contributed by atoms with Crippen LogP contribution in [0.5, 0.6) is 0 Å². The Balaban J connectivity index is 1.73. The normalized spacial score (nSPS) is 28.4. The maximum atomic E-state index is 6.11. The fourth-order valence-electron chi connectivity index (χ4n) is 3.38. The zero-order valence-electron chi connectivity index (χ0n) is 11.3. The van der Waals surface area contributed by atoms with Crippen molar-refractivity contribution in [1.29, 1.82) is 0 Å². The molecule has 2 unspecified atom stereocenters. The van der Waals surface area contributed by atoms with Crippen LogP contribution in [-0.2, 0) is 9.47 Å². The van der Waals surface area contributed by atoms with Gasteiger partial charge in [0.05, 0.1) is 35.3 Å². The van der Waals surface area contributed by atoms with Crippen molar-refractivity contribution >= 4 is 11.7 Å². The fraction of sp³-hybridized carbons (Fsp3) is 0.846. The Morgan fingerprint density at radius 2 is 2.26 bits per heavy atom. The van der Waals surface area contributed by atoms with Gasteiger partial charge in [-0.05, 0) is 38.6 Å². The molecule has 0 aliphatic carbocycles. The van der Waals surface area contributed by atoms with Gasteiger partial charge in [-0.1, -0.05) is 0 Å². The third-order valence-electron chi connectivity index (χ3n) is 4.41. The van der Waals surface area contributed by atoms with E-state index in [2.05, 4.69) is 14.1 Å². The van der Waals surface area contributed by atoms with Gasteiger partial charge in [-0.25, -0.2) is 0 Å². The van der Waals surface area contributed by atoms with Crippen LogP contribution in [0.4, 0.5) is 0 Å². The molecular weight excluding hydrogens is 262 g/mol. The average molecular weight is 283 g/mol. The van der Waals surface area contributed by atoms with E-state index in [0.29, 0.717) is 12.0 Å². The van der Waals surface area contributed by atoms with E-state index < -0.39 is 0 Å². The van der Waals surface area contributed by atoms with Crippen molar-refractivity contribution in [1.82, 2.24) is 14.1 Å². The first-order chi connectivity index (χ1) is 9.33. The molecule has 1 aromatic heterocycles. The van der Waals surface area contributed by atoms with Gasteiger partial charge in [0.2, 0.25) is 0 Å². The van der Waals surface area contributed by atoms with Crippen LogP contribution in [0.2, 0.25) is 0 Å². The highest BCUT2D eigenvalue weighted by atomic mass is 32.1. The van der Waals surface area contributed by atoms with E-state index in [1.807, 2.05) is 13.2 Å². The Hall–Kier alpha value is -0.560. The lowest BCUT2D eigenvalue weighted by molar-refractivity contribution is -0.150. The molecule has 3 heterocycles. The number of ether oxygens (including phenoxy) is 2. The standard InChI is InChI=1S/C13H21N3O2S/c1-14-12(11-9-15-19-16-11)10-2-5-18-13(8-10)3-6-17-7-4-13/h9-10,12,14H,2-8H2,1H3. The molecule has 1 aromatic rings. The van der Waals surface area contributed by atoms with Gasteiger partial charge >= 0.3 is 0 Å². The van der Waals surface area contributed by atoms with Gasteiger partial charge in [0.15, 0.2) is 0 Å². The number of nitrogens with one attached hydrogen (secondary N) is 1. The summed E-state index contributed by atoms with van der Waals surface area (Å²) in [7, 11) is 2.01. The molecule has 106 valence electrons. The number of aromatic nitrogens is 2. The summed E-state index contributed by atoms with van der Waals surface area (Å²) in [5.74, 6) is 0.570. The van der Waals surface area contributed by atoms with Crippen molar-refractivity contribution in [3.63, 3.8) is 0 Å². The van der Waals surface area contributed by atoms with Gasteiger partial charge in [0.1, 0.15) is 0 Å². The molecule has 0 aromatic carbocycles. The molecular formula is C13H21N3O2S. The van der Waals surface area contributed by atoms with Crippen LogP contribution < -0.4 is 5.32 Å². The fourth-order valence-corrected chi connectivity index (χ4v) is 3.83. The van der Waals surface area contributed by atoms with E-state index in [-0.39, 0.29) is 5.60 Å². The van der Waals surface area contributed by atoms with Crippen molar-refractivity contribution in [2.24, 2.45) is 5.92 Å². The Kier molecular flexibility index (Phi) is 4.12. The zero-order valence-corrected chi connectivity index (χ0v) is 12.1. The molecule has 2 atom stereocenters. The van der Waals surface area contributed by atoms with Gasteiger partial charge in [-0.15, -0.1) is 0 Å². The second-order valence-electron chi connectivity index (χ2n) is 5.50. The first kappa shape index (κ1) is 13.4. The molecule has 0 bridgehead atoms. The smallest absolute Gasteiger partial charge is 0.0915 e. The Labute approximate surface area is 118 Å². The summed E-state index contributed by atoms with van der Waals surface area (Å²) < 4.78 is 20.1. The van der Waals surface area contributed by atoms with Crippen LogP contribution in [0.1, 0.15) is 37.4 Å². The van der Waals surface area contributed by atoms with E-state index in [1.54, 1.807) is 0 Å². The third-order valence-corrected chi connectivity index (χ3v) is 4.91. The zero-order chi connectivity index (χ0) is 13.1. The summed E-state index contributed by atoms with van der Waals surface area (Å²) in [5.41, 5.74) is 1.11. The SMILES string of the molecule is CNC(c1cnsn1)C1CCOC2(CCOCC2)C1. The predicted octanol–water partition coefficient (Wildman–Crippen LogP) is 1.77. The van der Waals surface area contributed by atoms with E-state index in [4.69, 9.17) is 9.47 Å². The molecule has 19 heavy (non-hydrogen) atoms. The monoisotopic (exact) mass is 283 g/mol. The van der Waals surface area contributed by atoms with Crippen molar-refractivity contribution in [2.45, 2.75) is 37.3 Å². The van der Waals surface area contributed by atoms with E-state index >= 15 is 0 Å². The van der Waals surface area contributed by atoms with Crippen LogP contribution >= 0.6 is 11.7 Å². The molecule has 2 aliphatic rings.